The van der Waals surface area contributed by atoms with Gasteiger partial charge in [-0.25, -0.2) is 4.79 Å². The molecule has 0 spiro atoms. The van der Waals surface area contributed by atoms with Crippen molar-refractivity contribution in [2.45, 2.75) is 19.2 Å². The summed E-state index contributed by atoms with van der Waals surface area (Å²) < 4.78 is 4.85. The molecule has 94 valence electrons. The molecule has 0 amide bonds. The first-order valence-electron chi connectivity index (χ1n) is 5.37. The van der Waals surface area contributed by atoms with E-state index in [4.69, 9.17) is 21.6 Å². The van der Waals surface area contributed by atoms with Crippen molar-refractivity contribution in [3.63, 3.8) is 0 Å². The summed E-state index contributed by atoms with van der Waals surface area (Å²) >= 11 is 5.91. The second-order valence-corrected chi connectivity index (χ2v) is 4.05. The van der Waals surface area contributed by atoms with Gasteiger partial charge in [0.05, 0.1) is 17.7 Å². The Labute approximate surface area is 110 Å². The predicted octanol–water partition coefficient (Wildman–Crippen LogP) is 2.60. The Kier molecular flexibility index (Phi) is 4.87. The van der Waals surface area contributed by atoms with Crippen molar-refractivity contribution in [1.82, 2.24) is 0 Å². The van der Waals surface area contributed by atoms with E-state index in [1.54, 1.807) is 13.0 Å². The standard InChI is InChI=1S/C13H12ClNO3/c1-3-18-13(17)11-6-9(12(14)8(2)16)4-5-10(11)7-15/h4-6,12H,3H2,1-2H3. The summed E-state index contributed by atoms with van der Waals surface area (Å²) in [5, 5.41) is 8.09. The summed E-state index contributed by atoms with van der Waals surface area (Å²) in [6.45, 7) is 3.25. The number of nitrogens with zero attached hydrogens (tertiary/aromatic N) is 1. The topological polar surface area (TPSA) is 67.2 Å². The molecule has 0 N–H and O–H groups in total. The van der Waals surface area contributed by atoms with Crippen molar-refractivity contribution < 1.29 is 14.3 Å². The first-order chi connectivity index (χ1) is 8.51. The Balaban J connectivity index is 3.22. The number of rotatable bonds is 4. The van der Waals surface area contributed by atoms with Gasteiger partial charge >= 0.3 is 5.97 Å². The van der Waals surface area contributed by atoms with Gasteiger partial charge in [-0.3, -0.25) is 4.79 Å². The minimum absolute atomic E-state index is 0.128. The van der Waals surface area contributed by atoms with E-state index >= 15 is 0 Å². The lowest BCUT2D eigenvalue weighted by Crippen LogP contribution is -2.09. The molecule has 0 radical (unpaired) electrons. The molecule has 0 heterocycles. The number of hydrogen-bond donors (Lipinski definition) is 0. The molecular weight excluding hydrogens is 254 g/mol. The van der Waals surface area contributed by atoms with Crippen molar-refractivity contribution in [1.29, 1.82) is 5.26 Å². The number of alkyl halides is 1. The molecule has 1 rings (SSSR count). The van der Waals surface area contributed by atoms with E-state index in [1.807, 2.05) is 6.07 Å². The molecular formula is C13H12ClNO3. The Bertz CT molecular complexity index is 519. The number of hydrogen-bond acceptors (Lipinski definition) is 4. The first kappa shape index (κ1) is 14.2. The molecule has 0 saturated carbocycles. The summed E-state index contributed by atoms with van der Waals surface area (Å²) in [5.41, 5.74) is 0.805. The number of nitriles is 1. The van der Waals surface area contributed by atoms with Gasteiger partial charge in [-0.15, -0.1) is 11.6 Å². The summed E-state index contributed by atoms with van der Waals surface area (Å²) in [6.07, 6.45) is 0. The van der Waals surface area contributed by atoms with Crippen LogP contribution >= 0.6 is 11.6 Å². The number of esters is 1. The highest BCUT2D eigenvalue weighted by atomic mass is 35.5. The van der Waals surface area contributed by atoms with Crippen LogP contribution in [0.15, 0.2) is 18.2 Å². The molecule has 4 nitrogen and oxygen atoms in total. The molecule has 0 aliphatic carbocycles. The molecule has 0 bridgehead atoms. The van der Waals surface area contributed by atoms with E-state index in [-0.39, 0.29) is 23.5 Å². The van der Waals surface area contributed by atoms with E-state index in [1.165, 1.54) is 19.1 Å². The second kappa shape index (κ2) is 6.18. The molecule has 1 aromatic carbocycles. The lowest BCUT2D eigenvalue weighted by atomic mass is 10.0. The Morgan fingerprint density at radius 3 is 2.67 bits per heavy atom. The Morgan fingerprint density at radius 1 is 1.50 bits per heavy atom. The summed E-state index contributed by atoms with van der Waals surface area (Å²) in [7, 11) is 0. The van der Waals surface area contributed by atoms with Crippen LogP contribution in [0.1, 0.15) is 40.7 Å². The normalized spacial score (nSPS) is 11.4. The molecule has 0 aromatic heterocycles. The zero-order valence-corrected chi connectivity index (χ0v) is 10.8. The van der Waals surface area contributed by atoms with E-state index < -0.39 is 11.3 Å². The third-order valence-corrected chi connectivity index (χ3v) is 2.87. The summed E-state index contributed by atoms with van der Waals surface area (Å²) in [6, 6.07) is 6.34. The molecule has 1 unspecified atom stereocenters. The number of carbonyl (C=O) groups excluding carboxylic acids is 2. The fourth-order valence-corrected chi connectivity index (χ4v) is 1.57. The molecule has 18 heavy (non-hydrogen) atoms. The van der Waals surface area contributed by atoms with E-state index in [2.05, 4.69) is 0 Å². The first-order valence-corrected chi connectivity index (χ1v) is 5.80. The van der Waals surface area contributed by atoms with Gasteiger partial charge in [-0.05, 0) is 31.5 Å². The van der Waals surface area contributed by atoms with E-state index in [0.29, 0.717) is 5.56 Å². The lowest BCUT2D eigenvalue weighted by Gasteiger charge is -2.09. The molecule has 0 aliphatic rings. The number of benzene rings is 1. The van der Waals surface area contributed by atoms with Crippen molar-refractivity contribution >= 4 is 23.4 Å². The zero-order valence-electron chi connectivity index (χ0n) is 10.1. The van der Waals surface area contributed by atoms with Crippen LogP contribution in [-0.2, 0) is 9.53 Å². The van der Waals surface area contributed by atoms with Crippen molar-refractivity contribution in [2.24, 2.45) is 0 Å². The number of Topliss-reactive ketones (excluding diaryl/α,β-unsaturated/α-hetero) is 1. The van der Waals surface area contributed by atoms with Gasteiger partial charge in [0, 0.05) is 0 Å². The molecule has 0 fully saturated rings. The van der Waals surface area contributed by atoms with Gasteiger partial charge in [0.1, 0.15) is 11.4 Å². The minimum Gasteiger partial charge on any atom is -0.462 e. The van der Waals surface area contributed by atoms with Gasteiger partial charge in [0.25, 0.3) is 0 Å². The fourth-order valence-electron chi connectivity index (χ4n) is 1.43. The van der Waals surface area contributed by atoms with Crippen molar-refractivity contribution in [2.75, 3.05) is 6.61 Å². The highest BCUT2D eigenvalue weighted by Gasteiger charge is 2.18. The number of ether oxygens (including phenoxy) is 1. The van der Waals surface area contributed by atoms with E-state index in [9.17, 15) is 9.59 Å². The van der Waals surface area contributed by atoms with Gasteiger partial charge in [-0.1, -0.05) is 6.07 Å². The molecule has 0 aliphatic heterocycles. The fraction of sp³-hybridized carbons (Fsp3) is 0.308. The smallest absolute Gasteiger partial charge is 0.339 e. The van der Waals surface area contributed by atoms with Crippen molar-refractivity contribution in [3.8, 4) is 6.07 Å². The van der Waals surface area contributed by atoms with Gasteiger partial charge < -0.3 is 4.74 Å². The molecule has 0 saturated heterocycles. The highest BCUT2D eigenvalue weighted by Crippen LogP contribution is 2.24. The van der Waals surface area contributed by atoms with Crippen LogP contribution in [0.25, 0.3) is 0 Å². The average molecular weight is 266 g/mol. The number of halogens is 1. The van der Waals surface area contributed by atoms with Gasteiger partial charge in [0.2, 0.25) is 0 Å². The second-order valence-electron chi connectivity index (χ2n) is 3.61. The summed E-state index contributed by atoms with van der Waals surface area (Å²) in [4.78, 5) is 22.9. The molecule has 1 atom stereocenters. The highest BCUT2D eigenvalue weighted by molar-refractivity contribution is 6.30. The largest absolute Gasteiger partial charge is 0.462 e. The third-order valence-electron chi connectivity index (χ3n) is 2.31. The van der Waals surface area contributed by atoms with Crippen LogP contribution in [0.4, 0.5) is 0 Å². The van der Waals surface area contributed by atoms with Crippen LogP contribution in [0.3, 0.4) is 0 Å². The SMILES string of the molecule is CCOC(=O)c1cc(C(Cl)C(C)=O)ccc1C#N. The quantitative estimate of drug-likeness (QED) is 0.620. The average Bonchev–Trinajstić information content (AvgIpc) is 2.37. The zero-order chi connectivity index (χ0) is 13.7. The van der Waals surface area contributed by atoms with E-state index in [0.717, 1.165) is 0 Å². The maximum absolute atomic E-state index is 11.7. The van der Waals surface area contributed by atoms with Crippen LogP contribution in [-0.4, -0.2) is 18.4 Å². The molecule has 5 heteroatoms. The lowest BCUT2D eigenvalue weighted by molar-refractivity contribution is -0.116. The maximum Gasteiger partial charge on any atom is 0.339 e. The van der Waals surface area contributed by atoms with Crippen molar-refractivity contribution in [3.05, 3.63) is 34.9 Å². The monoisotopic (exact) mass is 265 g/mol. The maximum atomic E-state index is 11.7. The molecule has 1 aromatic rings. The van der Waals surface area contributed by atoms with Crippen LogP contribution in [0.2, 0.25) is 0 Å². The minimum atomic E-state index is -0.828. The number of ketones is 1. The van der Waals surface area contributed by atoms with Crippen LogP contribution in [0.5, 0.6) is 0 Å². The van der Waals surface area contributed by atoms with Crippen LogP contribution < -0.4 is 0 Å². The Hall–Kier alpha value is -1.86. The predicted molar refractivity (Wildman–Crippen MR) is 66.4 cm³/mol. The number of carbonyl (C=O) groups is 2. The third kappa shape index (κ3) is 3.08. The van der Waals surface area contributed by atoms with Gasteiger partial charge in [0.15, 0.2) is 5.78 Å². The summed E-state index contributed by atoms with van der Waals surface area (Å²) in [5.74, 6) is -0.820. The van der Waals surface area contributed by atoms with Crippen LogP contribution in [0, 0.1) is 11.3 Å². The Morgan fingerprint density at radius 2 is 2.17 bits per heavy atom. The van der Waals surface area contributed by atoms with Gasteiger partial charge in [-0.2, -0.15) is 5.26 Å².